The SMILES string of the molecule is CCNC(c1ccc(C)c(C)c1)c1cn[nH]n1. The summed E-state index contributed by atoms with van der Waals surface area (Å²) in [6.45, 7) is 7.24. The van der Waals surface area contributed by atoms with E-state index in [-0.39, 0.29) is 6.04 Å². The molecule has 1 heterocycles. The van der Waals surface area contributed by atoms with Crippen LogP contribution in [0.3, 0.4) is 0 Å². The van der Waals surface area contributed by atoms with Gasteiger partial charge in [-0.25, -0.2) is 0 Å². The van der Waals surface area contributed by atoms with Gasteiger partial charge in [0.1, 0.15) is 5.69 Å². The number of aromatic amines is 1. The van der Waals surface area contributed by atoms with Gasteiger partial charge in [0.15, 0.2) is 0 Å². The van der Waals surface area contributed by atoms with Gasteiger partial charge in [-0.15, -0.1) is 0 Å². The molecule has 2 N–H and O–H groups in total. The van der Waals surface area contributed by atoms with E-state index in [1.54, 1.807) is 6.20 Å². The molecular formula is C13H18N4. The zero-order chi connectivity index (χ0) is 12.3. The summed E-state index contributed by atoms with van der Waals surface area (Å²) in [5, 5.41) is 14.1. The molecule has 1 atom stereocenters. The molecule has 1 aromatic heterocycles. The van der Waals surface area contributed by atoms with E-state index in [1.165, 1.54) is 16.7 Å². The van der Waals surface area contributed by atoms with Gasteiger partial charge in [-0.1, -0.05) is 25.1 Å². The smallest absolute Gasteiger partial charge is 0.104 e. The van der Waals surface area contributed by atoms with Crippen LogP contribution in [0.15, 0.2) is 24.4 Å². The molecular weight excluding hydrogens is 212 g/mol. The zero-order valence-corrected chi connectivity index (χ0v) is 10.5. The highest BCUT2D eigenvalue weighted by atomic mass is 15.3. The molecule has 0 amide bonds. The first-order valence-corrected chi connectivity index (χ1v) is 5.88. The normalized spacial score (nSPS) is 12.6. The summed E-state index contributed by atoms with van der Waals surface area (Å²) in [4.78, 5) is 0. The van der Waals surface area contributed by atoms with Crippen LogP contribution in [0.1, 0.15) is 35.3 Å². The molecule has 1 aromatic carbocycles. The molecule has 0 aliphatic heterocycles. The summed E-state index contributed by atoms with van der Waals surface area (Å²) in [6.07, 6.45) is 1.77. The van der Waals surface area contributed by atoms with Crippen LogP contribution in [-0.2, 0) is 0 Å². The van der Waals surface area contributed by atoms with Crippen LogP contribution in [0.5, 0.6) is 0 Å². The monoisotopic (exact) mass is 230 g/mol. The predicted molar refractivity (Wildman–Crippen MR) is 67.8 cm³/mol. The molecule has 17 heavy (non-hydrogen) atoms. The van der Waals surface area contributed by atoms with Gasteiger partial charge in [0, 0.05) is 0 Å². The summed E-state index contributed by atoms with van der Waals surface area (Å²) in [7, 11) is 0. The Morgan fingerprint density at radius 1 is 1.29 bits per heavy atom. The van der Waals surface area contributed by atoms with Crippen molar-refractivity contribution in [3.05, 3.63) is 46.8 Å². The number of aromatic nitrogens is 3. The lowest BCUT2D eigenvalue weighted by Gasteiger charge is -2.16. The largest absolute Gasteiger partial charge is 0.305 e. The third kappa shape index (κ3) is 2.53. The van der Waals surface area contributed by atoms with E-state index in [0.29, 0.717) is 0 Å². The van der Waals surface area contributed by atoms with E-state index < -0.39 is 0 Å². The molecule has 0 bridgehead atoms. The van der Waals surface area contributed by atoms with E-state index >= 15 is 0 Å². The second-order valence-electron chi connectivity index (χ2n) is 4.23. The minimum Gasteiger partial charge on any atom is -0.305 e. The van der Waals surface area contributed by atoms with Crippen molar-refractivity contribution < 1.29 is 0 Å². The number of aryl methyl sites for hydroxylation is 2. The Kier molecular flexibility index (Phi) is 3.54. The van der Waals surface area contributed by atoms with Crippen molar-refractivity contribution in [2.45, 2.75) is 26.8 Å². The maximum absolute atomic E-state index is 4.17. The second-order valence-corrected chi connectivity index (χ2v) is 4.23. The lowest BCUT2D eigenvalue weighted by Crippen LogP contribution is -2.22. The molecule has 0 aliphatic rings. The second kappa shape index (κ2) is 5.10. The van der Waals surface area contributed by atoms with Gasteiger partial charge < -0.3 is 5.32 Å². The minimum atomic E-state index is 0.109. The molecule has 2 rings (SSSR count). The molecule has 0 radical (unpaired) electrons. The maximum atomic E-state index is 4.17. The van der Waals surface area contributed by atoms with Gasteiger partial charge in [0.2, 0.25) is 0 Å². The van der Waals surface area contributed by atoms with Gasteiger partial charge in [0.05, 0.1) is 12.2 Å². The van der Waals surface area contributed by atoms with E-state index in [0.717, 1.165) is 12.2 Å². The van der Waals surface area contributed by atoms with E-state index in [1.807, 2.05) is 0 Å². The molecule has 2 aromatic rings. The van der Waals surface area contributed by atoms with Crippen molar-refractivity contribution in [1.82, 2.24) is 20.7 Å². The molecule has 90 valence electrons. The highest BCUT2D eigenvalue weighted by molar-refractivity contribution is 5.34. The molecule has 4 heteroatoms. The van der Waals surface area contributed by atoms with Crippen LogP contribution in [0.4, 0.5) is 0 Å². The Morgan fingerprint density at radius 3 is 2.71 bits per heavy atom. The maximum Gasteiger partial charge on any atom is 0.104 e. The van der Waals surface area contributed by atoms with Gasteiger partial charge in [-0.3, -0.25) is 0 Å². The first-order valence-electron chi connectivity index (χ1n) is 5.88. The third-order valence-electron chi connectivity index (χ3n) is 3.00. The van der Waals surface area contributed by atoms with Gasteiger partial charge >= 0.3 is 0 Å². The van der Waals surface area contributed by atoms with E-state index in [9.17, 15) is 0 Å². The van der Waals surface area contributed by atoms with E-state index in [2.05, 4.69) is 59.7 Å². The average molecular weight is 230 g/mol. The Balaban J connectivity index is 2.35. The van der Waals surface area contributed by atoms with E-state index in [4.69, 9.17) is 0 Å². The quantitative estimate of drug-likeness (QED) is 0.846. The molecule has 0 spiro atoms. The standard InChI is InChI=1S/C13H18N4/c1-4-14-13(12-8-15-17-16-12)11-6-5-9(2)10(3)7-11/h5-8,13-14H,4H2,1-3H3,(H,15,16,17). The fourth-order valence-corrected chi connectivity index (χ4v) is 1.89. The topological polar surface area (TPSA) is 53.6 Å². The van der Waals surface area contributed by atoms with Crippen LogP contribution < -0.4 is 5.32 Å². The number of nitrogens with one attached hydrogen (secondary N) is 2. The molecule has 0 saturated heterocycles. The minimum absolute atomic E-state index is 0.109. The molecule has 4 nitrogen and oxygen atoms in total. The van der Waals surface area contributed by atoms with Crippen molar-refractivity contribution >= 4 is 0 Å². The van der Waals surface area contributed by atoms with Crippen molar-refractivity contribution in [1.29, 1.82) is 0 Å². The van der Waals surface area contributed by atoms with Crippen LogP contribution in [-0.4, -0.2) is 22.0 Å². The summed E-state index contributed by atoms with van der Waals surface area (Å²) < 4.78 is 0. The molecule has 1 unspecified atom stereocenters. The lowest BCUT2D eigenvalue weighted by molar-refractivity contribution is 0.613. The summed E-state index contributed by atoms with van der Waals surface area (Å²) in [5.41, 5.74) is 4.76. The number of hydrogen-bond donors (Lipinski definition) is 2. The van der Waals surface area contributed by atoms with Crippen LogP contribution in [0, 0.1) is 13.8 Å². The average Bonchev–Trinajstić information content (AvgIpc) is 2.83. The fraction of sp³-hybridized carbons (Fsp3) is 0.385. The molecule has 0 fully saturated rings. The Morgan fingerprint density at radius 2 is 2.12 bits per heavy atom. The number of nitrogens with zero attached hydrogens (tertiary/aromatic N) is 2. The summed E-state index contributed by atoms with van der Waals surface area (Å²) in [5.74, 6) is 0. The van der Waals surface area contributed by atoms with Gasteiger partial charge in [-0.2, -0.15) is 15.4 Å². The predicted octanol–water partition coefficient (Wildman–Crippen LogP) is 2.12. The number of H-pyrrole nitrogens is 1. The third-order valence-corrected chi connectivity index (χ3v) is 3.00. The summed E-state index contributed by atoms with van der Waals surface area (Å²) in [6, 6.07) is 6.61. The van der Waals surface area contributed by atoms with Gasteiger partial charge in [0.25, 0.3) is 0 Å². The zero-order valence-electron chi connectivity index (χ0n) is 10.5. The Hall–Kier alpha value is -1.68. The van der Waals surface area contributed by atoms with Crippen molar-refractivity contribution in [3.8, 4) is 0 Å². The summed E-state index contributed by atoms with van der Waals surface area (Å²) >= 11 is 0. The highest BCUT2D eigenvalue weighted by Crippen LogP contribution is 2.21. The lowest BCUT2D eigenvalue weighted by atomic mass is 9.99. The molecule has 0 saturated carbocycles. The Bertz CT molecular complexity index is 476. The van der Waals surface area contributed by atoms with Crippen LogP contribution in [0.25, 0.3) is 0 Å². The van der Waals surface area contributed by atoms with Crippen LogP contribution in [0.2, 0.25) is 0 Å². The van der Waals surface area contributed by atoms with Crippen molar-refractivity contribution in [2.24, 2.45) is 0 Å². The fourth-order valence-electron chi connectivity index (χ4n) is 1.89. The highest BCUT2D eigenvalue weighted by Gasteiger charge is 2.15. The Labute approximate surface area is 101 Å². The van der Waals surface area contributed by atoms with Crippen molar-refractivity contribution in [3.63, 3.8) is 0 Å². The van der Waals surface area contributed by atoms with Crippen LogP contribution >= 0.6 is 0 Å². The van der Waals surface area contributed by atoms with Gasteiger partial charge in [-0.05, 0) is 37.1 Å². The van der Waals surface area contributed by atoms with Crippen molar-refractivity contribution in [2.75, 3.05) is 6.54 Å². The number of rotatable bonds is 4. The first-order chi connectivity index (χ1) is 8.22. The molecule has 0 aliphatic carbocycles. The first kappa shape index (κ1) is 11.8. The number of hydrogen-bond acceptors (Lipinski definition) is 3. The number of benzene rings is 1.